The third-order valence-corrected chi connectivity index (χ3v) is 4.64. The number of benzene rings is 1. The summed E-state index contributed by atoms with van der Waals surface area (Å²) >= 11 is 1.47. The van der Waals surface area contributed by atoms with Crippen molar-refractivity contribution in [3.05, 3.63) is 36.7 Å². The first-order valence-electron chi connectivity index (χ1n) is 7.05. The lowest BCUT2D eigenvalue weighted by Gasteiger charge is -2.21. The van der Waals surface area contributed by atoms with Gasteiger partial charge in [0.25, 0.3) is 0 Å². The third kappa shape index (κ3) is 3.10. The van der Waals surface area contributed by atoms with E-state index in [1.165, 1.54) is 24.6 Å². The third-order valence-electron chi connectivity index (χ3n) is 3.58. The van der Waals surface area contributed by atoms with E-state index in [9.17, 15) is 4.79 Å². The van der Waals surface area contributed by atoms with E-state index in [2.05, 4.69) is 14.8 Å². The highest BCUT2D eigenvalue weighted by atomic mass is 32.2. The van der Waals surface area contributed by atoms with Crippen molar-refractivity contribution in [2.24, 2.45) is 0 Å². The van der Waals surface area contributed by atoms with Crippen LogP contribution in [0.3, 0.4) is 0 Å². The van der Waals surface area contributed by atoms with Gasteiger partial charge in [0.05, 0.1) is 5.25 Å². The van der Waals surface area contributed by atoms with Crippen LogP contribution in [-0.4, -0.2) is 33.0 Å². The number of aromatic nitrogens is 3. The largest absolute Gasteiger partial charge is 0.315 e. The van der Waals surface area contributed by atoms with Gasteiger partial charge in [-0.1, -0.05) is 30.0 Å². The van der Waals surface area contributed by atoms with E-state index in [4.69, 9.17) is 0 Å². The van der Waals surface area contributed by atoms with Crippen molar-refractivity contribution in [1.82, 2.24) is 14.8 Å². The molecule has 1 atom stereocenters. The number of nitrogens with zero attached hydrogens (tertiary/aromatic N) is 4. The molecule has 1 fully saturated rings. The summed E-state index contributed by atoms with van der Waals surface area (Å²) in [5.74, 6) is 0.0662. The lowest BCUT2D eigenvalue weighted by molar-refractivity contribution is -0.117. The molecule has 1 aromatic heterocycles. The highest BCUT2D eigenvalue weighted by molar-refractivity contribution is 8.00. The lowest BCUT2D eigenvalue weighted by atomic mass is 10.3. The van der Waals surface area contributed by atoms with Gasteiger partial charge in [0.2, 0.25) is 5.91 Å². The Kier molecular flexibility index (Phi) is 3.96. The number of para-hydroxylation sites is 1. The number of anilines is 1. The van der Waals surface area contributed by atoms with Gasteiger partial charge >= 0.3 is 0 Å². The lowest BCUT2D eigenvalue weighted by Crippen LogP contribution is -2.33. The molecule has 1 aliphatic carbocycles. The number of carbonyl (C=O) groups is 1. The maximum atomic E-state index is 12.5. The van der Waals surface area contributed by atoms with Crippen LogP contribution in [0.1, 0.15) is 25.8 Å². The van der Waals surface area contributed by atoms with E-state index in [1.54, 1.807) is 18.3 Å². The number of hydrogen-bond donors (Lipinski definition) is 0. The first-order chi connectivity index (χ1) is 10.2. The Bertz CT molecular complexity index is 624. The number of amides is 1. The van der Waals surface area contributed by atoms with Crippen molar-refractivity contribution in [1.29, 1.82) is 0 Å². The van der Waals surface area contributed by atoms with Crippen LogP contribution in [0.5, 0.6) is 0 Å². The maximum absolute atomic E-state index is 12.5. The Hall–Kier alpha value is -1.82. The van der Waals surface area contributed by atoms with Crippen LogP contribution in [0.15, 0.2) is 41.8 Å². The Labute approximate surface area is 128 Å². The molecule has 1 unspecified atom stereocenters. The van der Waals surface area contributed by atoms with E-state index >= 15 is 0 Å². The molecule has 21 heavy (non-hydrogen) atoms. The first-order valence-corrected chi connectivity index (χ1v) is 7.93. The average molecular weight is 302 g/mol. The molecule has 0 bridgehead atoms. The molecular weight excluding hydrogens is 284 g/mol. The predicted molar refractivity (Wildman–Crippen MR) is 83.5 cm³/mol. The normalized spacial score (nSPS) is 15.7. The smallest absolute Gasteiger partial charge is 0.240 e. The topological polar surface area (TPSA) is 51.0 Å². The van der Waals surface area contributed by atoms with Crippen molar-refractivity contribution in [2.45, 2.75) is 36.2 Å². The van der Waals surface area contributed by atoms with Crippen LogP contribution in [0, 0.1) is 0 Å². The second kappa shape index (κ2) is 5.89. The fraction of sp³-hybridized carbons (Fsp3) is 0.400. The number of rotatable bonds is 5. The van der Waals surface area contributed by atoms with Crippen molar-refractivity contribution < 1.29 is 4.79 Å². The second-order valence-corrected chi connectivity index (χ2v) is 6.55. The van der Waals surface area contributed by atoms with E-state index in [1.807, 2.05) is 37.3 Å². The van der Waals surface area contributed by atoms with Gasteiger partial charge in [-0.15, -0.1) is 10.2 Å². The van der Waals surface area contributed by atoms with Crippen LogP contribution in [0.2, 0.25) is 0 Å². The summed E-state index contributed by atoms with van der Waals surface area (Å²) in [6.07, 6.45) is 4.12. The zero-order valence-corrected chi connectivity index (χ0v) is 13.0. The maximum Gasteiger partial charge on any atom is 0.240 e. The molecular formula is C15H18N4OS. The van der Waals surface area contributed by atoms with Crippen molar-refractivity contribution in [3.8, 4) is 0 Å². The van der Waals surface area contributed by atoms with Gasteiger partial charge in [-0.25, -0.2) is 0 Å². The van der Waals surface area contributed by atoms with Gasteiger partial charge in [0, 0.05) is 18.8 Å². The summed E-state index contributed by atoms with van der Waals surface area (Å²) < 4.78 is 2.08. The molecule has 5 nitrogen and oxygen atoms in total. The fourth-order valence-electron chi connectivity index (χ4n) is 2.18. The van der Waals surface area contributed by atoms with Crippen LogP contribution in [0.25, 0.3) is 0 Å². The highest BCUT2D eigenvalue weighted by Gasteiger charge is 2.28. The summed E-state index contributed by atoms with van der Waals surface area (Å²) in [5, 5.41) is 8.74. The van der Waals surface area contributed by atoms with Gasteiger partial charge in [-0.3, -0.25) is 4.79 Å². The monoisotopic (exact) mass is 302 g/mol. The molecule has 1 aliphatic rings. The number of thioether (sulfide) groups is 1. The molecule has 2 aromatic rings. The summed E-state index contributed by atoms with van der Waals surface area (Å²) in [4.78, 5) is 14.2. The fourth-order valence-corrected chi connectivity index (χ4v) is 3.17. The van der Waals surface area contributed by atoms with Crippen molar-refractivity contribution >= 4 is 23.4 Å². The Morgan fingerprint density at radius 3 is 2.76 bits per heavy atom. The molecule has 0 radical (unpaired) electrons. The summed E-state index contributed by atoms with van der Waals surface area (Å²) in [5.41, 5.74) is 0.901. The molecule has 3 rings (SSSR count). The molecule has 1 aromatic carbocycles. The first kappa shape index (κ1) is 14.1. The van der Waals surface area contributed by atoms with Crippen molar-refractivity contribution in [2.75, 3.05) is 11.9 Å². The van der Waals surface area contributed by atoms with Gasteiger partial charge in [-0.2, -0.15) is 0 Å². The SMILES string of the molecule is CC(Sc1nncn1C1CC1)C(=O)N(C)c1ccccc1. The van der Waals surface area contributed by atoms with E-state index in [0.29, 0.717) is 6.04 Å². The minimum Gasteiger partial charge on any atom is -0.315 e. The second-order valence-electron chi connectivity index (χ2n) is 5.24. The highest BCUT2D eigenvalue weighted by Crippen LogP contribution is 2.38. The summed E-state index contributed by atoms with van der Waals surface area (Å²) in [6.45, 7) is 1.92. The summed E-state index contributed by atoms with van der Waals surface area (Å²) in [6, 6.07) is 10.2. The molecule has 0 N–H and O–H groups in total. The minimum absolute atomic E-state index is 0.0662. The Balaban J connectivity index is 1.68. The van der Waals surface area contributed by atoms with E-state index in [0.717, 1.165) is 10.8 Å². The zero-order valence-electron chi connectivity index (χ0n) is 12.1. The number of carbonyl (C=O) groups excluding carboxylic acids is 1. The van der Waals surface area contributed by atoms with Crippen LogP contribution in [0.4, 0.5) is 5.69 Å². The average Bonchev–Trinajstić information content (AvgIpc) is 3.26. The molecule has 1 saturated carbocycles. The van der Waals surface area contributed by atoms with Gasteiger partial charge < -0.3 is 9.47 Å². The van der Waals surface area contributed by atoms with Crippen molar-refractivity contribution in [3.63, 3.8) is 0 Å². The minimum atomic E-state index is -0.197. The standard InChI is InChI=1S/C15H18N4OS/c1-11(14(20)18(2)12-6-4-3-5-7-12)21-15-17-16-10-19(15)13-8-9-13/h3-7,10-11,13H,8-9H2,1-2H3. The molecule has 1 amide bonds. The van der Waals surface area contributed by atoms with E-state index < -0.39 is 0 Å². The molecule has 110 valence electrons. The quantitative estimate of drug-likeness (QED) is 0.797. The van der Waals surface area contributed by atoms with Gasteiger partial charge in [0.15, 0.2) is 5.16 Å². The molecule has 1 heterocycles. The van der Waals surface area contributed by atoms with Crippen LogP contribution < -0.4 is 4.90 Å². The molecule has 0 saturated heterocycles. The zero-order chi connectivity index (χ0) is 14.8. The summed E-state index contributed by atoms with van der Waals surface area (Å²) in [7, 11) is 1.81. The Morgan fingerprint density at radius 2 is 2.10 bits per heavy atom. The van der Waals surface area contributed by atoms with E-state index in [-0.39, 0.29) is 11.2 Å². The predicted octanol–water partition coefficient (Wildman–Crippen LogP) is 2.76. The molecule has 0 aliphatic heterocycles. The van der Waals surface area contributed by atoms with Crippen LogP contribution >= 0.6 is 11.8 Å². The molecule has 0 spiro atoms. The van der Waals surface area contributed by atoms with Crippen LogP contribution in [-0.2, 0) is 4.79 Å². The van der Waals surface area contributed by atoms with Gasteiger partial charge in [0.1, 0.15) is 6.33 Å². The Morgan fingerprint density at radius 1 is 1.38 bits per heavy atom. The number of hydrogen-bond acceptors (Lipinski definition) is 4. The molecule has 6 heteroatoms. The van der Waals surface area contributed by atoms with Gasteiger partial charge in [-0.05, 0) is 31.9 Å².